The van der Waals surface area contributed by atoms with Crippen LogP contribution in [-0.2, 0) is 6.54 Å². The minimum absolute atomic E-state index is 0.587. The fourth-order valence-corrected chi connectivity index (χ4v) is 3.19. The number of fused-ring (bicyclic) bond motifs is 1. The van der Waals surface area contributed by atoms with Gasteiger partial charge in [0.15, 0.2) is 0 Å². The SMILES string of the molecule is Clc1cccc(Cl)c1Nc1nccc2c1ccn2CC1CC1. The minimum atomic E-state index is 0.587. The van der Waals surface area contributed by atoms with E-state index in [2.05, 4.69) is 33.2 Å². The molecular formula is C17H15Cl2N3. The molecule has 0 saturated heterocycles. The number of halogens is 2. The number of anilines is 2. The van der Waals surface area contributed by atoms with Crippen LogP contribution in [0.4, 0.5) is 11.5 Å². The van der Waals surface area contributed by atoms with Gasteiger partial charge >= 0.3 is 0 Å². The summed E-state index contributed by atoms with van der Waals surface area (Å²) in [6, 6.07) is 9.60. The van der Waals surface area contributed by atoms with Gasteiger partial charge in [-0.1, -0.05) is 29.3 Å². The van der Waals surface area contributed by atoms with Gasteiger partial charge in [-0.3, -0.25) is 0 Å². The van der Waals surface area contributed by atoms with Crippen LogP contribution in [0.3, 0.4) is 0 Å². The maximum absolute atomic E-state index is 6.23. The van der Waals surface area contributed by atoms with Crippen LogP contribution < -0.4 is 5.32 Å². The van der Waals surface area contributed by atoms with Crippen LogP contribution in [0.2, 0.25) is 10.0 Å². The van der Waals surface area contributed by atoms with Crippen molar-refractivity contribution in [2.24, 2.45) is 5.92 Å². The van der Waals surface area contributed by atoms with Gasteiger partial charge in [0.25, 0.3) is 0 Å². The van der Waals surface area contributed by atoms with Crippen molar-refractivity contribution in [3.63, 3.8) is 0 Å². The van der Waals surface area contributed by atoms with E-state index in [-0.39, 0.29) is 0 Å². The van der Waals surface area contributed by atoms with Crippen LogP contribution in [0, 0.1) is 5.92 Å². The molecule has 1 N–H and O–H groups in total. The molecule has 5 heteroatoms. The third-order valence-electron chi connectivity index (χ3n) is 4.06. The van der Waals surface area contributed by atoms with Crippen LogP contribution in [0.5, 0.6) is 0 Å². The van der Waals surface area contributed by atoms with Crippen molar-refractivity contribution in [2.45, 2.75) is 19.4 Å². The zero-order valence-corrected chi connectivity index (χ0v) is 13.4. The summed E-state index contributed by atoms with van der Waals surface area (Å²) in [5.74, 6) is 1.61. The number of hydrogen-bond donors (Lipinski definition) is 1. The van der Waals surface area contributed by atoms with Gasteiger partial charge in [-0.2, -0.15) is 0 Å². The van der Waals surface area contributed by atoms with Crippen molar-refractivity contribution in [3.05, 3.63) is 52.8 Å². The summed E-state index contributed by atoms with van der Waals surface area (Å²) >= 11 is 12.5. The zero-order valence-electron chi connectivity index (χ0n) is 11.9. The highest BCUT2D eigenvalue weighted by atomic mass is 35.5. The van der Waals surface area contributed by atoms with E-state index < -0.39 is 0 Å². The summed E-state index contributed by atoms with van der Waals surface area (Å²) in [6.07, 6.45) is 6.62. The van der Waals surface area contributed by atoms with Crippen molar-refractivity contribution < 1.29 is 0 Å². The average Bonchev–Trinajstić information content (AvgIpc) is 3.23. The first-order chi connectivity index (χ1) is 10.7. The van der Waals surface area contributed by atoms with Crippen molar-refractivity contribution >= 4 is 45.6 Å². The van der Waals surface area contributed by atoms with Gasteiger partial charge in [0.1, 0.15) is 5.82 Å². The second-order valence-electron chi connectivity index (χ2n) is 5.73. The first kappa shape index (κ1) is 13.9. The first-order valence-corrected chi connectivity index (χ1v) is 8.13. The Balaban J connectivity index is 1.74. The minimum Gasteiger partial charge on any atom is -0.347 e. The second kappa shape index (κ2) is 5.49. The number of pyridine rings is 1. The zero-order chi connectivity index (χ0) is 15.1. The van der Waals surface area contributed by atoms with Crippen LogP contribution in [0.1, 0.15) is 12.8 Å². The summed E-state index contributed by atoms with van der Waals surface area (Å²) in [5, 5.41) is 5.53. The highest BCUT2D eigenvalue weighted by Gasteiger charge is 2.22. The smallest absolute Gasteiger partial charge is 0.139 e. The van der Waals surface area contributed by atoms with E-state index in [0.29, 0.717) is 15.7 Å². The van der Waals surface area contributed by atoms with E-state index in [1.165, 1.54) is 18.4 Å². The van der Waals surface area contributed by atoms with Crippen LogP contribution >= 0.6 is 23.2 Å². The van der Waals surface area contributed by atoms with E-state index in [4.69, 9.17) is 23.2 Å². The van der Waals surface area contributed by atoms with Gasteiger partial charge in [-0.05, 0) is 43.0 Å². The molecule has 1 fully saturated rings. The molecule has 22 heavy (non-hydrogen) atoms. The molecule has 1 aliphatic rings. The molecule has 112 valence electrons. The highest BCUT2D eigenvalue weighted by Crippen LogP contribution is 2.35. The average molecular weight is 332 g/mol. The predicted octanol–water partition coefficient (Wildman–Crippen LogP) is 5.50. The number of benzene rings is 1. The van der Waals surface area contributed by atoms with Crippen LogP contribution in [0.15, 0.2) is 42.7 Å². The summed E-state index contributed by atoms with van der Waals surface area (Å²) in [4.78, 5) is 4.45. The molecule has 1 aliphatic carbocycles. The maximum Gasteiger partial charge on any atom is 0.139 e. The highest BCUT2D eigenvalue weighted by molar-refractivity contribution is 6.39. The number of hydrogen-bond acceptors (Lipinski definition) is 2. The number of nitrogens with zero attached hydrogens (tertiary/aromatic N) is 2. The van der Waals surface area contributed by atoms with Crippen LogP contribution in [-0.4, -0.2) is 9.55 Å². The lowest BCUT2D eigenvalue weighted by Gasteiger charge is -2.11. The molecule has 3 nitrogen and oxygen atoms in total. The molecular weight excluding hydrogens is 317 g/mol. The van der Waals surface area contributed by atoms with Crippen LogP contribution in [0.25, 0.3) is 10.9 Å². The number of aromatic nitrogens is 2. The monoisotopic (exact) mass is 331 g/mol. The molecule has 0 unspecified atom stereocenters. The molecule has 2 aromatic heterocycles. The lowest BCUT2D eigenvalue weighted by molar-refractivity contribution is 0.647. The number of para-hydroxylation sites is 1. The van der Waals surface area contributed by atoms with Crippen molar-refractivity contribution in [3.8, 4) is 0 Å². The Morgan fingerprint density at radius 3 is 2.64 bits per heavy atom. The fourth-order valence-electron chi connectivity index (χ4n) is 2.70. The summed E-state index contributed by atoms with van der Waals surface area (Å²) in [7, 11) is 0. The quantitative estimate of drug-likeness (QED) is 0.684. The molecule has 4 rings (SSSR count). The standard InChI is InChI=1S/C17H15Cl2N3/c18-13-2-1-3-14(19)16(13)21-17-12-7-9-22(10-11-4-5-11)15(12)6-8-20-17/h1-3,6-9,11H,4-5,10H2,(H,20,21). The van der Waals surface area contributed by atoms with Gasteiger partial charge in [-0.25, -0.2) is 4.98 Å². The Bertz CT molecular complexity index is 817. The lowest BCUT2D eigenvalue weighted by Crippen LogP contribution is -1.99. The van der Waals surface area contributed by atoms with E-state index in [9.17, 15) is 0 Å². The molecule has 0 spiro atoms. The van der Waals surface area contributed by atoms with Crippen molar-refractivity contribution in [1.82, 2.24) is 9.55 Å². The van der Waals surface area contributed by atoms with Gasteiger partial charge < -0.3 is 9.88 Å². The molecule has 0 aliphatic heterocycles. The molecule has 2 heterocycles. The summed E-state index contributed by atoms with van der Waals surface area (Å²) < 4.78 is 2.30. The van der Waals surface area contributed by atoms with Crippen molar-refractivity contribution in [2.75, 3.05) is 5.32 Å². The summed E-state index contributed by atoms with van der Waals surface area (Å²) in [5.41, 5.74) is 1.88. The van der Waals surface area contributed by atoms with E-state index in [0.717, 1.165) is 23.7 Å². The maximum atomic E-state index is 6.23. The third kappa shape index (κ3) is 2.55. The van der Waals surface area contributed by atoms with E-state index in [1.54, 1.807) is 0 Å². The lowest BCUT2D eigenvalue weighted by atomic mass is 10.2. The molecule has 0 amide bonds. The molecule has 3 aromatic rings. The van der Waals surface area contributed by atoms with E-state index >= 15 is 0 Å². The molecule has 1 aromatic carbocycles. The van der Waals surface area contributed by atoms with Gasteiger partial charge in [0.2, 0.25) is 0 Å². The molecule has 0 bridgehead atoms. The van der Waals surface area contributed by atoms with Crippen molar-refractivity contribution in [1.29, 1.82) is 0 Å². The topological polar surface area (TPSA) is 29.9 Å². The Kier molecular flexibility index (Phi) is 3.47. The third-order valence-corrected chi connectivity index (χ3v) is 4.69. The fraction of sp³-hybridized carbons (Fsp3) is 0.235. The van der Waals surface area contributed by atoms with E-state index in [1.807, 2.05) is 24.4 Å². The Hall–Kier alpha value is -1.71. The largest absolute Gasteiger partial charge is 0.347 e. The van der Waals surface area contributed by atoms with Gasteiger partial charge in [0.05, 0.1) is 21.2 Å². The van der Waals surface area contributed by atoms with Gasteiger partial charge in [0, 0.05) is 24.3 Å². The summed E-state index contributed by atoms with van der Waals surface area (Å²) in [6.45, 7) is 1.08. The first-order valence-electron chi connectivity index (χ1n) is 7.37. The van der Waals surface area contributed by atoms with Gasteiger partial charge in [-0.15, -0.1) is 0 Å². The second-order valence-corrected chi connectivity index (χ2v) is 6.54. The number of rotatable bonds is 4. The normalized spacial score (nSPS) is 14.5. The Labute approximate surface area is 138 Å². The molecule has 0 radical (unpaired) electrons. The predicted molar refractivity (Wildman–Crippen MR) is 92.2 cm³/mol. The number of nitrogens with one attached hydrogen (secondary N) is 1. The molecule has 1 saturated carbocycles. The molecule has 0 atom stereocenters. The Morgan fingerprint density at radius 1 is 1.14 bits per heavy atom. The Morgan fingerprint density at radius 2 is 1.91 bits per heavy atom.